The van der Waals surface area contributed by atoms with Gasteiger partial charge in [-0.3, -0.25) is 4.79 Å². The van der Waals surface area contributed by atoms with Crippen LogP contribution in [0.3, 0.4) is 0 Å². The van der Waals surface area contributed by atoms with Crippen molar-refractivity contribution in [3.8, 4) is 0 Å². The standard InChI is InChI=1S/C15H24N4O2/c1-3-15(4-2)9-10(7-8-21-15)18-14-11(16)5-6-12(19-14)13(17)20/h5-6,10H,3-4,7-9,16H2,1-2H3,(H2,17,20)(H,18,19). The molecule has 0 radical (unpaired) electrons. The molecule has 0 bridgehead atoms. The van der Waals surface area contributed by atoms with Crippen LogP contribution in [0, 0.1) is 0 Å². The lowest BCUT2D eigenvalue weighted by molar-refractivity contribution is -0.0864. The van der Waals surface area contributed by atoms with Crippen molar-refractivity contribution in [2.75, 3.05) is 17.7 Å². The number of primary amides is 1. The van der Waals surface area contributed by atoms with Gasteiger partial charge in [0, 0.05) is 12.6 Å². The zero-order chi connectivity index (χ0) is 15.5. The van der Waals surface area contributed by atoms with Crippen LogP contribution >= 0.6 is 0 Å². The highest BCUT2D eigenvalue weighted by Gasteiger charge is 2.34. The number of hydrogen-bond donors (Lipinski definition) is 3. The van der Waals surface area contributed by atoms with E-state index in [-0.39, 0.29) is 17.3 Å². The Morgan fingerprint density at radius 3 is 2.81 bits per heavy atom. The normalized spacial score (nSPS) is 21.0. The molecule has 2 heterocycles. The second kappa shape index (κ2) is 6.30. The fourth-order valence-corrected chi connectivity index (χ4v) is 2.81. The number of anilines is 2. The number of nitrogens with zero attached hydrogens (tertiary/aromatic N) is 1. The minimum atomic E-state index is -0.554. The first-order valence-corrected chi connectivity index (χ1v) is 7.46. The van der Waals surface area contributed by atoms with Crippen LogP contribution in [-0.4, -0.2) is 29.1 Å². The van der Waals surface area contributed by atoms with Crippen LogP contribution in [0.4, 0.5) is 11.5 Å². The number of carbonyl (C=O) groups is 1. The Kier molecular flexibility index (Phi) is 4.67. The van der Waals surface area contributed by atoms with Crippen LogP contribution in [0.2, 0.25) is 0 Å². The zero-order valence-corrected chi connectivity index (χ0v) is 12.7. The van der Waals surface area contributed by atoms with Gasteiger partial charge < -0.3 is 21.5 Å². The maximum absolute atomic E-state index is 11.2. The topological polar surface area (TPSA) is 103 Å². The summed E-state index contributed by atoms with van der Waals surface area (Å²) in [6, 6.07) is 3.42. The molecule has 2 rings (SSSR count). The largest absolute Gasteiger partial charge is 0.396 e. The quantitative estimate of drug-likeness (QED) is 0.769. The van der Waals surface area contributed by atoms with E-state index in [0.717, 1.165) is 32.3 Å². The number of hydrogen-bond acceptors (Lipinski definition) is 5. The molecule has 1 aliphatic heterocycles. The average molecular weight is 292 g/mol. The Hall–Kier alpha value is -1.82. The third-order valence-corrected chi connectivity index (χ3v) is 4.30. The summed E-state index contributed by atoms with van der Waals surface area (Å²) in [5.41, 5.74) is 11.9. The molecule has 1 amide bonds. The Morgan fingerprint density at radius 1 is 1.48 bits per heavy atom. The molecule has 1 unspecified atom stereocenters. The van der Waals surface area contributed by atoms with E-state index in [1.807, 2.05) is 0 Å². The van der Waals surface area contributed by atoms with Gasteiger partial charge in [0.1, 0.15) is 11.5 Å². The zero-order valence-electron chi connectivity index (χ0n) is 12.7. The highest BCUT2D eigenvalue weighted by Crippen LogP contribution is 2.33. The van der Waals surface area contributed by atoms with Crippen molar-refractivity contribution in [1.82, 2.24) is 4.98 Å². The first kappa shape index (κ1) is 15.6. The third kappa shape index (κ3) is 3.44. The van der Waals surface area contributed by atoms with Crippen LogP contribution in [0.1, 0.15) is 50.0 Å². The SMILES string of the molecule is CCC1(CC)CC(Nc2nc(C(N)=O)ccc2N)CCO1. The summed E-state index contributed by atoms with van der Waals surface area (Å²) in [6.45, 7) is 5.01. The van der Waals surface area contributed by atoms with Crippen LogP contribution in [0.25, 0.3) is 0 Å². The summed E-state index contributed by atoms with van der Waals surface area (Å²) in [4.78, 5) is 15.4. The van der Waals surface area contributed by atoms with Gasteiger partial charge in [-0.2, -0.15) is 0 Å². The number of rotatable bonds is 5. The maximum Gasteiger partial charge on any atom is 0.267 e. The van der Waals surface area contributed by atoms with Gasteiger partial charge in [0.05, 0.1) is 11.3 Å². The molecular weight excluding hydrogens is 268 g/mol. The lowest BCUT2D eigenvalue weighted by Gasteiger charge is -2.40. The summed E-state index contributed by atoms with van der Waals surface area (Å²) in [5, 5.41) is 3.34. The second-order valence-corrected chi connectivity index (χ2v) is 5.57. The van der Waals surface area contributed by atoms with Crippen molar-refractivity contribution < 1.29 is 9.53 Å². The van der Waals surface area contributed by atoms with E-state index in [9.17, 15) is 4.79 Å². The molecule has 0 aromatic carbocycles. The molecule has 6 heteroatoms. The molecule has 1 saturated heterocycles. The van der Waals surface area contributed by atoms with Gasteiger partial charge in [-0.05, 0) is 37.8 Å². The van der Waals surface area contributed by atoms with Crippen molar-refractivity contribution in [3.63, 3.8) is 0 Å². The van der Waals surface area contributed by atoms with E-state index >= 15 is 0 Å². The first-order chi connectivity index (χ1) is 9.99. The number of nitrogens with one attached hydrogen (secondary N) is 1. The van der Waals surface area contributed by atoms with E-state index in [1.165, 1.54) is 6.07 Å². The molecule has 1 aromatic heterocycles. The van der Waals surface area contributed by atoms with E-state index < -0.39 is 5.91 Å². The fourth-order valence-electron chi connectivity index (χ4n) is 2.81. The van der Waals surface area contributed by atoms with E-state index in [2.05, 4.69) is 24.1 Å². The van der Waals surface area contributed by atoms with Gasteiger partial charge in [0.25, 0.3) is 5.91 Å². The Bertz CT molecular complexity index is 514. The van der Waals surface area contributed by atoms with Gasteiger partial charge in [0.15, 0.2) is 0 Å². The summed E-state index contributed by atoms with van der Waals surface area (Å²) in [6.07, 6.45) is 3.75. The van der Waals surface area contributed by atoms with E-state index in [0.29, 0.717) is 11.5 Å². The Morgan fingerprint density at radius 2 is 2.19 bits per heavy atom. The van der Waals surface area contributed by atoms with Crippen molar-refractivity contribution in [2.45, 2.75) is 51.2 Å². The van der Waals surface area contributed by atoms with Gasteiger partial charge in [-0.25, -0.2) is 4.98 Å². The highest BCUT2D eigenvalue weighted by atomic mass is 16.5. The summed E-state index contributed by atoms with van der Waals surface area (Å²) in [5.74, 6) is -0.0270. The number of ether oxygens (including phenoxy) is 1. The molecule has 1 aromatic rings. The second-order valence-electron chi connectivity index (χ2n) is 5.57. The van der Waals surface area contributed by atoms with Crippen LogP contribution in [0.15, 0.2) is 12.1 Å². The van der Waals surface area contributed by atoms with Gasteiger partial charge in [-0.1, -0.05) is 13.8 Å². The predicted molar refractivity (Wildman–Crippen MR) is 83.1 cm³/mol. The summed E-state index contributed by atoms with van der Waals surface area (Å²) in [7, 11) is 0. The van der Waals surface area contributed by atoms with Gasteiger partial charge >= 0.3 is 0 Å². The monoisotopic (exact) mass is 292 g/mol. The van der Waals surface area contributed by atoms with Crippen molar-refractivity contribution in [3.05, 3.63) is 17.8 Å². The minimum absolute atomic E-state index is 0.0774. The molecule has 1 aliphatic rings. The maximum atomic E-state index is 11.2. The Labute approximate surface area is 125 Å². The number of carbonyl (C=O) groups excluding carboxylic acids is 1. The molecule has 116 valence electrons. The first-order valence-electron chi connectivity index (χ1n) is 7.46. The predicted octanol–water partition coefficient (Wildman–Crippen LogP) is 1.91. The van der Waals surface area contributed by atoms with Crippen LogP contribution in [0.5, 0.6) is 0 Å². The van der Waals surface area contributed by atoms with E-state index in [4.69, 9.17) is 16.2 Å². The van der Waals surface area contributed by atoms with Crippen LogP contribution < -0.4 is 16.8 Å². The van der Waals surface area contributed by atoms with Gasteiger partial charge in [0.2, 0.25) is 0 Å². The molecule has 0 spiro atoms. The molecule has 6 nitrogen and oxygen atoms in total. The highest BCUT2D eigenvalue weighted by molar-refractivity contribution is 5.91. The number of aromatic nitrogens is 1. The molecule has 0 aliphatic carbocycles. The summed E-state index contributed by atoms with van der Waals surface area (Å²) < 4.78 is 5.96. The summed E-state index contributed by atoms with van der Waals surface area (Å²) >= 11 is 0. The molecule has 1 fully saturated rings. The molecule has 21 heavy (non-hydrogen) atoms. The van der Waals surface area contributed by atoms with Crippen LogP contribution in [-0.2, 0) is 4.74 Å². The smallest absolute Gasteiger partial charge is 0.267 e. The van der Waals surface area contributed by atoms with E-state index in [1.54, 1.807) is 6.07 Å². The lowest BCUT2D eigenvalue weighted by Crippen LogP contribution is -2.43. The number of nitrogen functional groups attached to an aromatic ring is 1. The van der Waals surface area contributed by atoms with Gasteiger partial charge in [-0.15, -0.1) is 0 Å². The minimum Gasteiger partial charge on any atom is -0.396 e. The Balaban J connectivity index is 2.14. The third-order valence-electron chi connectivity index (χ3n) is 4.30. The average Bonchev–Trinajstić information content (AvgIpc) is 2.49. The van der Waals surface area contributed by atoms with Crippen molar-refractivity contribution in [2.24, 2.45) is 5.73 Å². The molecule has 1 atom stereocenters. The number of nitrogens with two attached hydrogens (primary N) is 2. The van der Waals surface area contributed by atoms with Crippen molar-refractivity contribution >= 4 is 17.4 Å². The lowest BCUT2D eigenvalue weighted by atomic mass is 9.86. The molecular formula is C15H24N4O2. The number of pyridine rings is 1. The van der Waals surface area contributed by atoms with Crippen molar-refractivity contribution in [1.29, 1.82) is 0 Å². The number of amides is 1. The molecule has 0 saturated carbocycles. The molecule has 5 N–H and O–H groups in total. The fraction of sp³-hybridized carbons (Fsp3) is 0.600.